The molecule has 1 aliphatic heterocycles. The van der Waals surface area contributed by atoms with Crippen LogP contribution >= 0.6 is 0 Å². The topological polar surface area (TPSA) is 154 Å². The Kier molecular flexibility index (Phi) is 13.8. The zero-order valence-corrected chi connectivity index (χ0v) is 27.7. The van der Waals surface area contributed by atoms with Gasteiger partial charge in [-0.05, 0) is 50.2 Å². The van der Waals surface area contributed by atoms with Crippen LogP contribution in [0.5, 0.6) is 0 Å². The number of ketones is 1. The SMILES string of the molecule is C=CCNC(=O)C(=O)C(CCC)NC(=O)[C@@H]1CCCN1C(=O)C(NC(=O)NC(C)(CC)CS(=O)c1ccccc1)C(C)(C)C. The smallest absolute Gasteiger partial charge is 0.315 e. The van der Waals surface area contributed by atoms with Crippen molar-refractivity contribution in [2.24, 2.45) is 5.41 Å². The Balaban J connectivity index is 2.16. The molecular formula is C32H49N5O6S. The Morgan fingerprint density at radius 2 is 1.73 bits per heavy atom. The molecule has 4 N–H and O–H groups in total. The van der Waals surface area contributed by atoms with E-state index in [1.807, 2.05) is 59.7 Å². The molecule has 5 atom stereocenters. The number of hydrogen-bond donors (Lipinski definition) is 4. The highest BCUT2D eigenvalue weighted by Gasteiger charge is 2.43. The minimum atomic E-state index is -1.35. The summed E-state index contributed by atoms with van der Waals surface area (Å²) < 4.78 is 13.0. The number of urea groups is 1. The maximum absolute atomic E-state index is 13.9. The molecule has 2 rings (SSSR count). The van der Waals surface area contributed by atoms with Crippen molar-refractivity contribution in [3.8, 4) is 0 Å². The minimum Gasteiger partial charge on any atom is -0.346 e. The third-order valence-corrected chi connectivity index (χ3v) is 9.42. The molecule has 1 aromatic rings. The summed E-state index contributed by atoms with van der Waals surface area (Å²) in [5.74, 6) is -2.31. The molecule has 1 fully saturated rings. The van der Waals surface area contributed by atoms with Gasteiger partial charge in [-0.1, -0.05) is 65.3 Å². The first-order valence-electron chi connectivity index (χ1n) is 15.2. The normalized spacial score (nSPS) is 18.2. The molecule has 1 saturated heterocycles. The van der Waals surface area contributed by atoms with Crippen LogP contribution in [-0.4, -0.2) is 81.2 Å². The van der Waals surface area contributed by atoms with Gasteiger partial charge in [-0.15, -0.1) is 6.58 Å². The van der Waals surface area contributed by atoms with E-state index in [4.69, 9.17) is 0 Å². The van der Waals surface area contributed by atoms with Crippen LogP contribution < -0.4 is 21.3 Å². The van der Waals surface area contributed by atoms with Crippen molar-refractivity contribution in [1.29, 1.82) is 0 Å². The molecule has 0 aliphatic carbocycles. The van der Waals surface area contributed by atoms with Gasteiger partial charge in [-0.3, -0.25) is 23.4 Å². The second kappa shape index (κ2) is 16.5. The number of nitrogens with zero attached hydrogens (tertiary/aromatic N) is 1. The Morgan fingerprint density at radius 1 is 1.07 bits per heavy atom. The first-order chi connectivity index (χ1) is 20.7. The highest BCUT2D eigenvalue weighted by molar-refractivity contribution is 7.85. The number of Topliss-reactive ketones (excluding diaryl/α,β-unsaturated/α-hetero) is 1. The van der Waals surface area contributed by atoms with Gasteiger partial charge < -0.3 is 26.2 Å². The molecule has 0 spiro atoms. The predicted molar refractivity (Wildman–Crippen MR) is 171 cm³/mol. The lowest BCUT2D eigenvalue weighted by atomic mass is 9.85. The van der Waals surface area contributed by atoms with Crippen LogP contribution in [0.3, 0.4) is 0 Å². The highest BCUT2D eigenvalue weighted by Crippen LogP contribution is 2.26. The monoisotopic (exact) mass is 631 g/mol. The summed E-state index contributed by atoms with van der Waals surface area (Å²) in [6.07, 6.45) is 3.73. The Hall–Kier alpha value is -3.54. The lowest BCUT2D eigenvalue weighted by Crippen LogP contribution is -2.62. The van der Waals surface area contributed by atoms with Gasteiger partial charge in [-0.25, -0.2) is 4.79 Å². The van der Waals surface area contributed by atoms with E-state index in [-0.39, 0.29) is 18.7 Å². The van der Waals surface area contributed by atoms with Crippen LogP contribution in [0.25, 0.3) is 0 Å². The summed E-state index contributed by atoms with van der Waals surface area (Å²) in [6, 6.07) is 5.59. The van der Waals surface area contributed by atoms with Gasteiger partial charge >= 0.3 is 6.03 Å². The van der Waals surface area contributed by atoms with E-state index in [1.54, 1.807) is 12.1 Å². The lowest BCUT2D eigenvalue weighted by Gasteiger charge is -2.37. The molecule has 0 bridgehead atoms. The predicted octanol–water partition coefficient (Wildman–Crippen LogP) is 2.82. The van der Waals surface area contributed by atoms with Gasteiger partial charge in [0.2, 0.25) is 17.6 Å². The van der Waals surface area contributed by atoms with Crippen LogP contribution in [0, 0.1) is 5.41 Å². The zero-order valence-electron chi connectivity index (χ0n) is 26.9. The second-order valence-electron chi connectivity index (χ2n) is 12.5. The van der Waals surface area contributed by atoms with E-state index < -0.39 is 69.4 Å². The fraction of sp³-hybridized carbons (Fsp3) is 0.594. The standard InChI is InChI=1S/C32H49N5O6S/c1-8-15-23(25(38)28(40)33-19-9-2)34-27(39)24-18-14-20-37(24)29(41)26(31(4,5)6)35-30(42)36-32(7,10-3)21-44(43)22-16-12-11-13-17-22/h9,11-13,16-17,23-24,26H,2,8,10,14-15,18-21H2,1,3-7H3,(H,33,40)(H,34,39)(H2,35,36,42)/t23?,24-,26?,32?,44?/m0/s1. The highest BCUT2D eigenvalue weighted by atomic mass is 32.2. The first-order valence-corrected chi connectivity index (χ1v) is 16.5. The van der Waals surface area contributed by atoms with Crippen molar-refractivity contribution in [3.63, 3.8) is 0 Å². The summed E-state index contributed by atoms with van der Waals surface area (Å²) in [7, 11) is -1.35. The first kappa shape index (κ1) is 36.7. The quantitative estimate of drug-likeness (QED) is 0.173. The summed E-state index contributed by atoms with van der Waals surface area (Å²) in [6.45, 7) is 15.0. The summed E-state index contributed by atoms with van der Waals surface area (Å²) >= 11 is 0. The molecule has 12 heteroatoms. The van der Waals surface area contributed by atoms with Gasteiger partial charge in [0.05, 0.1) is 28.1 Å². The van der Waals surface area contributed by atoms with Crippen LogP contribution in [0.15, 0.2) is 47.9 Å². The number of carbonyl (C=O) groups excluding carboxylic acids is 5. The molecular weight excluding hydrogens is 582 g/mol. The van der Waals surface area contributed by atoms with Crippen molar-refractivity contribution >= 4 is 40.3 Å². The van der Waals surface area contributed by atoms with Crippen LogP contribution in [0.1, 0.15) is 73.6 Å². The van der Waals surface area contributed by atoms with Crippen LogP contribution in [0.2, 0.25) is 0 Å². The van der Waals surface area contributed by atoms with E-state index in [1.165, 1.54) is 11.0 Å². The van der Waals surface area contributed by atoms with Crippen molar-refractivity contribution < 1.29 is 28.2 Å². The van der Waals surface area contributed by atoms with Gasteiger partial charge in [-0.2, -0.15) is 0 Å². The molecule has 0 saturated carbocycles. The van der Waals surface area contributed by atoms with Crippen molar-refractivity contribution in [2.45, 2.75) is 102 Å². The van der Waals surface area contributed by atoms with E-state index in [9.17, 15) is 28.2 Å². The fourth-order valence-corrected chi connectivity index (χ4v) is 6.45. The molecule has 1 heterocycles. The average Bonchev–Trinajstić information content (AvgIpc) is 3.48. The third-order valence-electron chi connectivity index (χ3n) is 7.72. The molecule has 44 heavy (non-hydrogen) atoms. The lowest BCUT2D eigenvalue weighted by molar-refractivity contribution is -0.143. The molecule has 1 aliphatic rings. The van der Waals surface area contributed by atoms with Gasteiger partial charge in [0, 0.05) is 18.0 Å². The molecule has 4 unspecified atom stereocenters. The van der Waals surface area contributed by atoms with Crippen molar-refractivity contribution in [1.82, 2.24) is 26.2 Å². The number of rotatable bonds is 15. The summed E-state index contributed by atoms with van der Waals surface area (Å²) in [4.78, 5) is 67.7. The molecule has 1 aromatic carbocycles. The number of carbonyl (C=O) groups is 5. The van der Waals surface area contributed by atoms with E-state index in [2.05, 4.69) is 27.8 Å². The number of likely N-dealkylation sites (tertiary alicyclic amines) is 1. The number of nitrogens with one attached hydrogen (secondary N) is 4. The molecule has 244 valence electrons. The molecule has 11 nitrogen and oxygen atoms in total. The zero-order chi connectivity index (χ0) is 33.1. The van der Waals surface area contributed by atoms with E-state index in [0.717, 1.165) is 0 Å². The summed E-state index contributed by atoms with van der Waals surface area (Å²) in [5, 5.41) is 10.9. The number of benzene rings is 1. The largest absolute Gasteiger partial charge is 0.346 e. The maximum Gasteiger partial charge on any atom is 0.315 e. The molecule has 0 radical (unpaired) electrons. The van der Waals surface area contributed by atoms with Crippen LogP contribution in [-0.2, 0) is 30.0 Å². The van der Waals surface area contributed by atoms with Crippen molar-refractivity contribution in [2.75, 3.05) is 18.8 Å². The maximum atomic E-state index is 13.9. The Morgan fingerprint density at radius 3 is 2.30 bits per heavy atom. The average molecular weight is 632 g/mol. The number of amides is 5. The minimum absolute atomic E-state index is 0.124. The van der Waals surface area contributed by atoms with Crippen molar-refractivity contribution in [3.05, 3.63) is 43.0 Å². The molecule has 0 aromatic heterocycles. The van der Waals surface area contributed by atoms with Gasteiger partial charge in [0.25, 0.3) is 5.91 Å². The second-order valence-corrected chi connectivity index (χ2v) is 14.0. The Labute approximate surface area is 263 Å². The third kappa shape index (κ3) is 10.3. The summed E-state index contributed by atoms with van der Waals surface area (Å²) in [5.41, 5.74) is -1.53. The van der Waals surface area contributed by atoms with E-state index in [0.29, 0.717) is 37.1 Å². The number of hydrogen-bond acceptors (Lipinski definition) is 6. The fourth-order valence-electron chi connectivity index (χ4n) is 4.97. The van der Waals surface area contributed by atoms with Crippen LogP contribution in [0.4, 0.5) is 4.79 Å². The Bertz CT molecular complexity index is 1220. The van der Waals surface area contributed by atoms with Gasteiger partial charge in [0.15, 0.2) is 0 Å². The molecule has 5 amide bonds. The van der Waals surface area contributed by atoms with Gasteiger partial charge in [0.1, 0.15) is 12.1 Å². The van der Waals surface area contributed by atoms with E-state index >= 15 is 0 Å².